The van der Waals surface area contributed by atoms with Crippen LogP contribution in [0.1, 0.15) is 27.5 Å². The zero-order valence-corrected chi connectivity index (χ0v) is 19.1. The number of anilines is 1. The minimum atomic E-state index is -0.180. The molecule has 0 saturated carbocycles. The van der Waals surface area contributed by atoms with Gasteiger partial charge in [0.05, 0.1) is 43.6 Å². The van der Waals surface area contributed by atoms with Crippen LogP contribution in [0.4, 0.5) is 5.69 Å². The van der Waals surface area contributed by atoms with Gasteiger partial charge < -0.3 is 30.2 Å². The molecule has 1 heterocycles. The van der Waals surface area contributed by atoms with Crippen molar-refractivity contribution in [3.8, 4) is 11.5 Å². The predicted octanol–water partition coefficient (Wildman–Crippen LogP) is 3.13. The number of benzene rings is 2. The largest absolute Gasteiger partial charge is 0.493 e. The number of methoxy groups -OCH3 is 3. The van der Waals surface area contributed by atoms with Crippen molar-refractivity contribution < 1.29 is 19.0 Å². The number of para-hydroxylation sites is 1. The summed E-state index contributed by atoms with van der Waals surface area (Å²) in [7, 11) is 8.40. The third kappa shape index (κ3) is 4.76. The molecule has 0 aliphatic heterocycles. The van der Waals surface area contributed by atoms with Gasteiger partial charge in [0.15, 0.2) is 11.5 Å². The highest BCUT2D eigenvalue weighted by Gasteiger charge is 2.19. The topological polar surface area (TPSA) is 93.7 Å². The Balaban J connectivity index is 2.13. The quantitative estimate of drug-likeness (QED) is 0.448. The molecule has 0 aliphatic carbocycles. The molecular formula is C24H30N4O4. The molecule has 3 N–H and O–H groups in total. The van der Waals surface area contributed by atoms with Crippen LogP contribution in [0.15, 0.2) is 42.6 Å². The molecular weight excluding hydrogens is 408 g/mol. The highest BCUT2D eigenvalue weighted by molar-refractivity contribution is 6.08. The number of likely N-dealkylation sites (N-methyl/N-ethyl adjacent to an activating group) is 1. The average molecular weight is 439 g/mol. The molecule has 32 heavy (non-hydrogen) atoms. The van der Waals surface area contributed by atoms with Gasteiger partial charge in [0, 0.05) is 37.8 Å². The number of hydrogen-bond donors (Lipinski definition) is 3. The number of nitrogens with zero attached hydrogens (tertiary/aromatic N) is 1. The predicted molar refractivity (Wildman–Crippen MR) is 126 cm³/mol. The van der Waals surface area contributed by atoms with Crippen LogP contribution in [-0.2, 0) is 11.3 Å². The lowest BCUT2D eigenvalue weighted by atomic mass is 10.0. The monoisotopic (exact) mass is 438 g/mol. The molecule has 0 radical (unpaired) electrons. The third-order valence-electron chi connectivity index (χ3n) is 5.28. The van der Waals surface area contributed by atoms with E-state index in [0.29, 0.717) is 35.7 Å². The van der Waals surface area contributed by atoms with E-state index in [-0.39, 0.29) is 11.9 Å². The third-order valence-corrected chi connectivity index (χ3v) is 5.28. The first-order valence-electron chi connectivity index (χ1n) is 10.3. The van der Waals surface area contributed by atoms with Crippen molar-refractivity contribution in [1.82, 2.24) is 15.6 Å². The van der Waals surface area contributed by atoms with Crippen LogP contribution in [0, 0.1) is 0 Å². The van der Waals surface area contributed by atoms with Crippen molar-refractivity contribution in [2.24, 2.45) is 0 Å². The van der Waals surface area contributed by atoms with Crippen LogP contribution < -0.4 is 25.4 Å². The van der Waals surface area contributed by atoms with E-state index in [1.807, 2.05) is 37.4 Å². The molecule has 0 unspecified atom stereocenters. The van der Waals surface area contributed by atoms with Gasteiger partial charge in [-0.25, -0.2) is 0 Å². The van der Waals surface area contributed by atoms with E-state index in [2.05, 4.69) is 20.9 Å². The molecule has 1 aromatic heterocycles. The van der Waals surface area contributed by atoms with Gasteiger partial charge in [-0.15, -0.1) is 0 Å². The fraction of sp³-hybridized carbons (Fsp3) is 0.333. The Morgan fingerprint density at radius 1 is 1.06 bits per heavy atom. The van der Waals surface area contributed by atoms with Crippen LogP contribution in [0.3, 0.4) is 0 Å². The SMILES string of the molecule is CNC[C@@H](Nc1c(COC)cnc2c(C(=O)NC)cccc12)c1ccc(OC)c(OC)c1. The summed E-state index contributed by atoms with van der Waals surface area (Å²) in [6.45, 7) is 1.04. The van der Waals surface area contributed by atoms with E-state index in [1.54, 1.807) is 40.6 Å². The summed E-state index contributed by atoms with van der Waals surface area (Å²) < 4.78 is 16.3. The van der Waals surface area contributed by atoms with Gasteiger partial charge >= 0.3 is 0 Å². The van der Waals surface area contributed by atoms with Crippen molar-refractivity contribution in [2.45, 2.75) is 12.6 Å². The van der Waals surface area contributed by atoms with Crippen molar-refractivity contribution in [2.75, 3.05) is 47.3 Å². The fourth-order valence-electron chi connectivity index (χ4n) is 3.72. The maximum Gasteiger partial charge on any atom is 0.253 e. The normalized spacial score (nSPS) is 11.8. The summed E-state index contributed by atoms with van der Waals surface area (Å²) in [5.41, 5.74) is 3.94. The van der Waals surface area contributed by atoms with E-state index in [0.717, 1.165) is 22.2 Å². The van der Waals surface area contributed by atoms with Gasteiger partial charge in [-0.05, 0) is 30.8 Å². The highest BCUT2D eigenvalue weighted by Crippen LogP contribution is 2.34. The number of amides is 1. The Hall–Kier alpha value is -3.36. The first-order chi connectivity index (χ1) is 15.6. The Labute approximate surface area is 188 Å². The average Bonchev–Trinajstić information content (AvgIpc) is 2.83. The van der Waals surface area contributed by atoms with Gasteiger partial charge in [0.2, 0.25) is 0 Å². The first-order valence-corrected chi connectivity index (χ1v) is 10.3. The summed E-state index contributed by atoms with van der Waals surface area (Å²) in [6.07, 6.45) is 1.76. The van der Waals surface area contributed by atoms with Crippen molar-refractivity contribution >= 4 is 22.5 Å². The second-order valence-electron chi connectivity index (χ2n) is 7.24. The molecule has 1 amide bonds. The molecule has 0 spiro atoms. The van der Waals surface area contributed by atoms with Gasteiger partial charge in [-0.2, -0.15) is 0 Å². The van der Waals surface area contributed by atoms with E-state index in [9.17, 15) is 4.79 Å². The van der Waals surface area contributed by atoms with E-state index < -0.39 is 0 Å². The minimum Gasteiger partial charge on any atom is -0.493 e. The van der Waals surface area contributed by atoms with Crippen LogP contribution in [-0.4, -0.2) is 52.9 Å². The molecule has 8 nitrogen and oxygen atoms in total. The maximum atomic E-state index is 12.4. The lowest BCUT2D eigenvalue weighted by molar-refractivity contribution is 0.0964. The Morgan fingerprint density at radius 2 is 1.84 bits per heavy atom. The zero-order valence-electron chi connectivity index (χ0n) is 19.1. The summed E-state index contributed by atoms with van der Waals surface area (Å²) >= 11 is 0. The van der Waals surface area contributed by atoms with Gasteiger partial charge in [0.1, 0.15) is 0 Å². The second-order valence-corrected chi connectivity index (χ2v) is 7.24. The number of ether oxygens (including phenoxy) is 3. The van der Waals surface area contributed by atoms with E-state index >= 15 is 0 Å². The lowest BCUT2D eigenvalue weighted by Gasteiger charge is -2.24. The van der Waals surface area contributed by atoms with Crippen molar-refractivity contribution in [3.63, 3.8) is 0 Å². The number of carbonyl (C=O) groups excluding carboxylic acids is 1. The first kappa shape index (κ1) is 23.3. The highest BCUT2D eigenvalue weighted by atomic mass is 16.5. The summed E-state index contributed by atoms with van der Waals surface area (Å²) in [5, 5.41) is 10.4. The Morgan fingerprint density at radius 3 is 2.50 bits per heavy atom. The molecule has 2 aromatic carbocycles. The van der Waals surface area contributed by atoms with Gasteiger partial charge in [0.25, 0.3) is 5.91 Å². The Bertz CT molecular complexity index is 1090. The molecule has 8 heteroatoms. The number of carbonyl (C=O) groups is 1. The van der Waals surface area contributed by atoms with Gasteiger partial charge in [-0.1, -0.05) is 18.2 Å². The molecule has 0 fully saturated rings. The number of hydrogen-bond acceptors (Lipinski definition) is 7. The number of fused-ring (bicyclic) bond motifs is 1. The molecule has 1 atom stereocenters. The second kappa shape index (κ2) is 10.8. The van der Waals surface area contributed by atoms with Crippen molar-refractivity contribution in [1.29, 1.82) is 0 Å². The summed E-state index contributed by atoms with van der Waals surface area (Å²) in [6, 6.07) is 11.4. The summed E-state index contributed by atoms with van der Waals surface area (Å²) in [4.78, 5) is 17.0. The molecule has 3 aromatic rings. The zero-order chi connectivity index (χ0) is 23.1. The van der Waals surface area contributed by atoms with Gasteiger partial charge in [-0.3, -0.25) is 9.78 Å². The van der Waals surface area contributed by atoms with Crippen LogP contribution in [0.25, 0.3) is 10.9 Å². The van der Waals surface area contributed by atoms with Crippen molar-refractivity contribution in [3.05, 3.63) is 59.3 Å². The molecule has 0 aliphatic rings. The van der Waals surface area contributed by atoms with Crippen LogP contribution in [0.5, 0.6) is 11.5 Å². The smallest absolute Gasteiger partial charge is 0.253 e. The van der Waals surface area contributed by atoms with Crippen LogP contribution >= 0.6 is 0 Å². The van der Waals surface area contributed by atoms with E-state index in [1.165, 1.54) is 0 Å². The number of pyridine rings is 1. The number of rotatable bonds is 10. The Kier molecular flexibility index (Phi) is 7.86. The number of aromatic nitrogens is 1. The van der Waals surface area contributed by atoms with E-state index in [4.69, 9.17) is 14.2 Å². The molecule has 0 saturated heterocycles. The fourth-order valence-corrected chi connectivity index (χ4v) is 3.72. The molecule has 3 rings (SSSR count). The number of nitrogens with one attached hydrogen (secondary N) is 3. The summed E-state index contributed by atoms with van der Waals surface area (Å²) in [5.74, 6) is 1.15. The minimum absolute atomic E-state index is 0.0929. The molecule has 0 bridgehead atoms. The standard InChI is InChI=1S/C24H30N4O4/c1-25-13-19(15-9-10-20(31-4)21(11-15)32-5)28-22-16(14-30-3)12-27-23-17(22)7-6-8-18(23)24(29)26-2/h6-12,19,25H,13-14H2,1-5H3,(H,26,29)(H,27,28)/t19-/m1/s1. The van der Waals surface area contributed by atoms with Crippen LogP contribution in [0.2, 0.25) is 0 Å². The maximum absolute atomic E-state index is 12.4. The molecule has 170 valence electrons. The lowest BCUT2D eigenvalue weighted by Crippen LogP contribution is -2.24.